The lowest BCUT2D eigenvalue weighted by Crippen LogP contribution is -2.32. The number of likely N-dealkylation sites (tertiary alicyclic amines) is 2. The molecule has 2 aromatic rings. The summed E-state index contributed by atoms with van der Waals surface area (Å²) in [6, 6.07) is 1.83. The van der Waals surface area contributed by atoms with Crippen molar-refractivity contribution in [2.45, 2.75) is 58.4 Å². The third kappa shape index (κ3) is 3.31. The molecule has 150 valence electrons. The number of hydrogen-bond donors (Lipinski definition) is 1. The number of H-pyrrole nitrogens is 1. The topological polar surface area (TPSA) is 90.8 Å². The molecule has 2 aliphatic heterocycles. The predicted molar refractivity (Wildman–Crippen MR) is 104 cm³/mol. The van der Waals surface area contributed by atoms with Crippen LogP contribution in [0.3, 0.4) is 0 Å². The molecule has 28 heavy (non-hydrogen) atoms. The van der Waals surface area contributed by atoms with E-state index in [4.69, 9.17) is 0 Å². The van der Waals surface area contributed by atoms with Gasteiger partial charge in [-0.15, -0.1) is 0 Å². The van der Waals surface area contributed by atoms with Crippen LogP contribution in [-0.2, 0) is 9.59 Å². The van der Waals surface area contributed by atoms with Crippen LogP contribution in [0.1, 0.15) is 61.5 Å². The van der Waals surface area contributed by atoms with Gasteiger partial charge in [-0.1, -0.05) is 0 Å². The van der Waals surface area contributed by atoms with Crippen LogP contribution >= 0.6 is 0 Å². The van der Waals surface area contributed by atoms with E-state index in [1.807, 2.05) is 22.8 Å². The van der Waals surface area contributed by atoms with Crippen molar-refractivity contribution >= 4 is 17.5 Å². The van der Waals surface area contributed by atoms with Gasteiger partial charge in [-0.2, -0.15) is 0 Å². The zero-order chi connectivity index (χ0) is 19.8. The van der Waals surface area contributed by atoms with E-state index in [0.29, 0.717) is 37.0 Å². The summed E-state index contributed by atoms with van der Waals surface area (Å²) < 4.78 is 1.47. The smallest absolute Gasteiger partial charge is 0.275 e. The number of carbonyl (C=O) groups excluding carboxylic acids is 2. The quantitative estimate of drug-likeness (QED) is 0.848. The minimum absolute atomic E-state index is 0.0531. The number of amides is 2. The van der Waals surface area contributed by atoms with E-state index in [-0.39, 0.29) is 23.4 Å². The maximum atomic E-state index is 12.8. The molecule has 1 N–H and O–H groups in total. The van der Waals surface area contributed by atoms with Crippen molar-refractivity contribution in [2.75, 3.05) is 19.6 Å². The highest BCUT2D eigenvalue weighted by molar-refractivity contribution is 5.79. The number of fused-ring (bicyclic) bond motifs is 1. The molecule has 8 nitrogen and oxygen atoms in total. The van der Waals surface area contributed by atoms with Crippen molar-refractivity contribution in [1.29, 1.82) is 0 Å². The first-order valence-electron chi connectivity index (χ1n) is 10.1. The number of nitrogens with zero attached hydrogens (tertiary/aromatic N) is 4. The number of aromatic amines is 1. The number of aryl methyl sites for hydroxylation is 1. The molecule has 4 heterocycles. The molecule has 2 aromatic heterocycles. The van der Waals surface area contributed by atoms with Crippen LogP contribution in [0.15, 0.2) is 10.9 Å². The second-order valence-corrected chi connectivity index (χ2v) is 7.87. The Morgan fingerprint density at radius 2 is 2.07 bits per heavy atom. The fraction of sp³-hybridized carbons (Fsp3) is 0.600. The number of nitrogens with one attached hydrogen (secondary N) is 1. The summed E-state index contributed by atoms with van der Waals surface area (Å²) in [6.45, 7) is 5.80. The van der Waals surface area contributed by atoms with Gasteiger partial charge in [-0.3, -0.25) is 19.5 Å². The number of carbonyl (C=O) groups is 2. The summed E-state index contributed by atoms with van der Waals surface area (Å²) >= 11 is 0. The largest absolute Gasteiger partial charge is 0.343 e. The van der Waals surface area contributed by atoms with E-state index in [1.165, 1.54) is 4.52 Å². The Morgan fingerprint density at radius 1 is 1.25 bits per heavy atom. The van der Waals surface area contributed by atoms with E-state index in [0.717, 1.165) is 43.7 Å². The van der Waals surface area contributed by atoms with Gasteiger partial charge in [0.05, 0.1) is 11.7 Å². The normalized spacial score (nSPS) is 19.9. The van der Waals surface area contributed by atoms with E-state index >= 15 is 0 Å². The Bertz CT molecular complexity index is 976. The summed E-state index contributed by atoms with van der Waals surface area (Å²) in [5.74, 6) is 0.313. The van der Waals surface area contributed by atoms with Gasteiger partial charge >= 0.3 is 0 Å². The summed E-state index contributed by atoms with van der Waals surface area (Å²) in [7, 11) is 0. The highest BCUT2D eigenvalue weighted by atomic mass is 16.2. The first-order valence-corrected chi connectivity index (χ1v) is 10.1. The Balaban J connectivity index is 1.46. The molecule has 2 fully saturated rings. The molecule has 0 bridgehead atoms. The summed E-state index contributed by atoms with van der Waals surface area (Å²) in [5.41, 5.74) is 2.71. The molecule has 0 saturated carbocycles. The SMILES string of the molecule is Cc1nc2cc(C3CCCN3C(=O)CCCN3CCCC3=O)[nH]n2c(=O)c1C. The van der Waals surface area contributed by atoms with Gasteiger partial charge in [-0.25, -0.2) is 9.50 Å². The Hall–Kier alpha value is -2.64. The van der Waals surface area contributed by atoms with Crippen molar-refractivity contribution in [3.63, 3.8) is 0 Å². The fourth-order valence-corrected chi connectivity index (χ4v) is 4.30. The number of rotatable bonds is 5. The lowest BCUT2D eigenvalue weighted by atomic mass is 10.1. The second-order valence-electron chi connectivity index (χ2n) is 7.87. The molecule has 0 radical (unpaired) electrons. The highest BCUT2D eigenvalue weighted by Gasteiger charge is 2.31. The third-order valence-corrected chi connectivity index (χ3v) is 6.03. The van der Waals surface area contributed by atoms with Crippen molar-refractivity contribution < 1.29 is 9.59 Å². The van der Waals surface area contributed by atoms with Crippen LogP contribution in [0.25, 0.3) is 5.65 Å². The van der Waals surface area contributed by atoms with E-state index in [2.05, 4.69) is 10.1 Å². The van der Waals surface area contributed by atoms with Crippen LogP contribution in [-0.4, -0.2) is 55.8 Å². The maximum Gasteiger partial charge on any atom is 0.275 e. The van der Waals surface area contributed by atoms with Gasteiger partial charge in [0.15, 0.2) is 5.65 Å². The van der Waals surface area contributed by atoms with Gasteiger partial charge in [0.2, 0.25) is 11.8 Å². The van der Waals surface area contributed by atoms with Crippen LogP contribution in [0, 0.1) is 13.8 Å². The van der Waals surface area contributed by atoms with Crippen molar-refractivity contribution in [3.8, 4) is 0 Å². The summed E-state index contributed by atoms with van der Waals surface area (Å²) in [6.07, 6.45) is 4.51. The van der Waals surface area contributed by atoms with Crippen molar-refractivity contribution in [2.24, 2.45) is 0 Å². The van der Waals surface area contributed by atoms with Crippen LogP contribution in [0.5, 0.6) is 0 Å². The molecular weight excluding hydrogens is 358 g/mol. The van der Waals surface area contributed by atoms with E-state index in [1.54, 1.807) is 6.92 Å². The Kier molecular flexibility index (Phi) is 4.95. The second kappa shape index (κ2) is 7.41. The van der Waals surface area contributed by atoms with Crippen LogP contribution in [0.2, 0.25) is 0 Å². The van der Waals surface area contributed by atoms with Gasteiger partial charge in [-0.05, 0) is 39.5 Å². The van der Waals surface area contributed by atoms with Gasteiger partial charge in [0.25, 0.3) is 5.56 Å². The van der Waals surface area contributed by atoms with E-state index < -0.39 is 0 Å². The van der Waals surface area contributed by atoms with Gasteiger partial charge in [0.1, 0.15) is 0 Å². The van der Waals surface area contributed by atoms with Crippen molar-refractivity contribution in [3.05, 3.63) is 33.4 Å². The zero-order valence-electron chi connectivity index (χ0n) is 16.5. The maximum absolute atomic E-state index is 12.8. The van der Waals surface area contributed by atoms with Crippen LogP contribution in [0.4, 0.5) is 0 Å². The molecule has 2 amide bonds. The third-order valence-electron chi connectivity index (χ3n) is 6.03. The average Bonchev–Trinajstić information content (AvgIpc) is 3.39. The predicted octanol–water partition coefficient (Wildman–Crippen LogP) is 1.71. The molecule has 2 saturated heterocycles. The lowest BCUT2D eigenvalue weighted by molar-refractivity contribution is -0.133. The minimum atomic E-state index is -0.0973. The molecule has 1 unspecified atom stereocenters. The Morgan fingerprint density at radius 3 is 2.82 bits per heavy atom. The number of aromatic nitrogens is 3. The summed E-state index contributed by atoms with van der Waals surface area (Å²) in [5, 5.41) is 3.16. The van der Waals surface area contributed by atoms with Gasteiger partial charge < -0.3 is 9.80 Å². The molecule has 1 atom stereocenters. The molecule has 8 heteroatoms. The molecule has 0 aromatic carbocycles. The zero-order valence-corrected chi connectivity index (χ0v) is 16.5. The molecule has 2 aliphatic rings. The lowest BCUT2D eigenvalue weighted by Gasteiger charge is -2.24. The minimum Gasteiger partial charge on any atom is -0.343 e. The van der Waals surface area contributed by atoms with Gasteiger partial charge in [0, 0.05) is 49.8 Å². The monoisotopic (exact) mass is 385 g/mol. The fourth-order valence-electron chi connectivity index (χ4n) is 4.30. The molecule has 4 rings (SSSR count). The molecule has 0 aliphatic carbocycles. The average molecular weight is 385 g/mol. The standard InChI is InChI=1S/C20H27N5O3/c1-13-14(2)21-17-12-15(22-25(17)20(13)28)16-6-3-11-24(16)19(27)8-5-10-23-9-4-7-18(23)26/h12,16,22H,3-11H2,1-2H3. The first kappa shape index (κ1) is 18.7. The first-order chi connectivity index (χ1) is 13.5. The summed E-state index contributed by atoms with van der Waals surface area (Å²) in [4.78, 5) is 45.2. The number of hydrogen-bond acceptors (Lipinski definition) is 4. The Labute approximate surface area is 163 Å². The van der Waals surface area contributed by atoms with Crippen LogP contribution < -0.4 is 5.56 Å². The molecular formula is C20H27N5O3. The molecule has 0 spiro atoms. The van der Waals surface area contributed by atoms with Crippen molar-refractivity contribution in [1.82, 2.24) is 24.4 Å². The van der Waals surface area contributed by atoms with E-state index in [9.17, 15) is 14.4 Å². The highest BCUT2D eigenvalue weighted by Crippen LogP contribution is 2.32.